The summed E-state index contributed by atoms with van der Waals surface area (Å²) in [5, 5.41) is 7.55. The van der Waals surface area contributed by atoms with Crippen LogP contribution in [0.3, 0.4) is 0 Å². The Morgan fingerprint density at radius 2 is 0.846 bits per heavy atom. The van der Waals surface area contributed by atoms with Crippen LogP contribution in [0.2, 0.25) is 0 Å². The first-order chi connectivity index (χ1) is 25.5. The van der Waals surface area contributed by atoms with Gasteiger partial charge in [-0.15, -0.1) is 0 Å². The van der Waals surface area contributed by atoms with Gasteiger partial charge in [0, 0.05) is 17.1 Å². The topological polar surface area (TPSA) is 3.24 Å². The highest BCUT2D eigenvalue weighted by Crippen LogP contribution is 2.50. The largest absolute Gasteiger partial charge is 0.310 e. The molecular formula is C51H39N. The predicted molar refractivity (Wildman–Crippen MR) is 224 cm³/mol. The van der Waals surface area contributed by atoms with Crippen LogP contribution in [0.4, 0.5) is 17.1 Å². The minimum atomic E-state index is 1.14. The molecule has 0 spiro atoms. The Labute approximate surface area is 306 Å². The fourth-order valence-electron chi connectivity index (χ4n) is 8.17. The maximum absolute atomic E-state index is 2.43. The van der Waals surface area contributed by atoms with Gasteiger partial charge >= 0.3 is 0 Å². The molecule has 9 aromatic rings. The van der Waals surface area contributed by atoms with Crippen molar-refractivity contribution in [1.29, 1.82) is 0 Å². The van der Waals surface area contributed by atoms with Crippen molar-refractivity contribution >= 4 is 49.4 Å². The predicted octanol–water partition coefficient (Wildman–Crippen LogP) is 14.5. The van der Waals surface area contributed by atoms with E-state index in [1.165, 1.54) is 82.4 Å². The molecule has 248 valence electrons. The Balaban J connectivity index is 1.46. The quantitative estimate of drug-likeness (QED) is 0.160. The van der Waals surface area contributed by atoms with E-state index in [0.717, 1.165) is 17.1 Å². The minimum Gasteiger partial charge on any atom is -0.310 e. The molecule has 9 aromatic carbocycles. The smallest absolute Gasteiger partial charge is 0.0468 e. The van der Waals surface area contributed by atoms with Crippen LogP contribution in [0.5, 0.6) is 0 Å². The average molecular weight is 666 g/mol. The van der Waals surface area contributed by atoms with Gasteiger partial charge in [-0.2, -0.15) is 0 Å². The Kier molecular flexibility index (Phi) is 7.90. The van der Waals surface area contributed by atoms with Gasteiger partial charge in [0.1, 0.15) is 0 Å². The highest BCUT2D eigenvalue weighted by Gasteiger charge is 2.23. The van der Waals surface area contributed by atoms with E-state index in [-0.39, 0.29) is 0 Å². The van der Waals surface area contributed by atoms with Crippen LogP contribution in [-0.4, -0.2) is 0 Å². The van der Waals surface area contributed by atoms with Crippen molar-refractivity contribution in [2.24, 2.45) is 0 Å². The highest BCUT2D eigenvalue weighted by molar-refractivity contribution is 6.33. The van der Waals surface area contributed by atoms with Gasteiger partial charge in [0.15, 0.2) is 0 Å². The van der Waals surface area contributed by atoms with Crippen molar-refractivity contribution in [2.45, 2.75) is 20.8 Å². The number of aryl methyl sites for hydroxylation is 3. The molecule has 0 amide bonds. The third-order valence-corrected chi connectivity index (χ3v) is 10.3. The highest BCUT2D eigenvalue weighted by atomic mass is 15.1. The van der Waals surface area contributed by atoms with Crippen LogP contribution in [-0.2, 0) is 0 Å². The molecule has 0 aliphatic carbocycles. The van der Waals surface area contributed by atoms with Gasteiger partial charge in [-0.3, -0.25) is 0 Å². The molecule has 0 aliphatic heterocycles. The second-order valence-corrected chi connectivity index (χ2v) is 14.0. The zero-order valence-corrected chi connectivity index (χ0v) is 29.8. The van der Waals surface area contributed by atoms with Crippen molar-refractivity contribution < 1.29 is 0 Å². The third kappa shape index (κ3) is 5.52. The molecule has 0 aromatic heterocycles. The van der Waals surface area contributed by atoms with E-state index in [1.807, 2.05) is 0 Å². The van der Waals surface area contributed by atoms with Crippen LogP contribution in [0.1, 0.15) is 16.7 Å². The fourth-order valence-corrected chi connectivity index (χ4v) is 8.17. The molecule has 0 unspecified atom stereocenters. The van der Waals surface area contributed by atoms with Crippen LogP contribution < -0.4 is 4.90 Å². The molecule has 0 saturated carbocycles. The molecule has 0 aliphatic rings. The zero-order valence-electron chi connectivity index (χ0n) is 29.8. The monoisotopic (exact) mass is 665 g/mol. The van der Waals surface area contributed by atoms with E-state index in [9.17, 15) is 0 Å². The number of anilines is 3. The molecule has 0 fully saturated rings. The number of benzene rings is 9. The standard InChI is InChI=1S/C51H39N/c1-34-16-15-23-40(29-34)52(42-30-35(2)28-36(3)31-42)41-26-27-45-48(32-41)43-24-13-14-25-44(43)50-47(38-19-9-5-10-20-38)33-46(37-17-7-4-8-18-37)49(51(45)50)39-21-11-6-12-22-39/h4-33H,1-3H3. The van der Waals surface area contributed by atoms with E-state index < -0.39 is 0 Å². The Morgan fingerprint density at radius 1 is 0.308 bits per heavy atom. The summed E-state index contributed by atoms with van der Waals surface area (Å²) in [5.74, 6) is 0. The number of fused-ring (bicyclic) bond motifs is 6. The maximum Gasteiger partial charge on any atom is 0.0468 e. The van der Waals surface area contributed by atoms with E-state index >= 15 is 0 Å². The minimum absolute atomic E-state index is 1.14. The Morgan fingerprint density at radius 3 is 1.50 bits per heavy atom. The van der Waals surface area contributed by atoms with Crippen molar-refractivity contribution in [3.8, 4) is 33.4 Å². The summed E-state index contributed by atoms with van der Waals surface area (Å²) in [4.78, 5) is 2.42. The first kappa shape index (κ1) is 31.5. The average Bonchev–Trinajstić information content (AvgIpc) is 3.18. The molecule has 1 heteroatoms. The van der Waals surface area contributed by atoms with Gasteiger partial charge in [-0.05, 0) is 146 Å². The molecule has 0 saturated heterocycles. The van der Waals surface area contributed by atoms with Crippen molar-refractivity contribution in [2.75, 3.05) is 4.90 Å². The van der Waals surface area contributed by atoms with E-state index in [1.54, 1.807) is 0 Å². The lowest BCUT2D eigenvalue weighted by atomic mass is 9.81. The van der Waals surface area contributed by atoms with Gasteiger partial charge in [-0.25, -0.2) is 0 Å². The van der Waals surface area contributed by atoms with Gasteiger partial charge in [-0.1, -0.05) is 140 Å². The van der Waals surface area contributed by atoms with Crippen LogP contribution >= 0.6 is 0 Å². The molecule has 52 heavy (non-hydrogen) atoms. The summed E-state index contributed by atoms with van der Waals surface area (Å²) in [6, 6.07) is 66.9. The third-order valence-electron chi connectivity index (χ3n) is 10.3. The van der Waals surface area contributed by atoms with E-state index in [0.29, 0.717) is 0 Å². The van der Waals surface area contributed by atoms with E-state index in [4.69, 9.17) is 0 Å². The molecule has 9 rings (SSSR count). The lowest BCUT2D eigenvalue weighted by molar-refractivity contribution is 1.25. The van der Waals surface area contributed by atoms with Crippen molar-refractivity contribution in [1.82, 2.24) is 0 Å². The molecule has 0 bridgehead atoms. The van der Waals surface area contributed by atoms with E-state index in [2.05, 4.69) is 208 Å². The summed E-state index contributed by atoms with van der Waals surface area (Å²) in [6.07, 6.45) is 0. The summed E-state index contributed by atoms with van der Waals surface area (Å²) >= 11 is 0. The second kappa shape index (κ2) is 13.0. The summed E-state index contributed by atoms with van der Waals surface area (Å²) in [5.41, 5.74) is 14.5. The molecule has 0 radical (unpaired) electrons. The fraction of sp³-hybridized carbons (Fsp3) is 0.0588. The first-order valence-corrected chi connectivity index (χ1v) is 18.1. The van der Waals surface area contributed by atoms with Crippen LogP contribution in [0.25, 0.3) is 65.7 Å². The molecule has 0 N–H and O–H groups in total. The summed E-state index contributed by atoms with van der Waals surface area (Å²) in [6.45, 7) is 6.54. The molecule has 1 nitrogen and oxygen atoms in total. The number of hydrogen-bond donors (Lipinski definition) is 0. The normalized spacial score (nSPS) is 11.4. The zero-order chi connectivity index (χ0) is 35.2. The van der Waals surface area contributed by atoms with Crippen LogP contribution in [0, 0.1) is 20.8 Å². The van der Waals surface area contributed by atoms with Crippen LogP contribution in [0.15, 0.2) is 182 Å². The summed E-state index contributed by atoms with van der Waals surface area (Å²) < 4.78 is 0. The second-order valence-electron chi connectivity index (χ2n) is 14.0. The molecule has 0 atom stereocenters. The molecular weight excluding hydrogens is 627 g/mol. The van der Waals surface area contributed by atoms with Gasteiger partial charge in [0.25, 0.3) is 0 Å². The number of rotatable bonds is 6. The number of nitrogens with zero attached hydrogens (tertiary/aromatic N) is 1. The lowest BCUT2D eigenvalue weighted by Crippen LogP contribution is -2.10. The number of hydrogen-bond acceptors (Lipinski definition) is 1. The first-order valence-electron chi connectivity index (χ1n) is 18.1. The van der Waals surface area contributed by atoms with Gasteiger partial charge in [0.2, 0.25) is 0 Å². The Hall–Kier alpha value is -6.44. The summed E-state index contributed by atoms with van der Waals surface area (Å²) in [7, 11) is 0. The maximum atomic E-state index is 2.43. The van der Waals surface area contributed by atoms with Crippen molar-refractivity contribution in [3.63, 3.8) is 0 Å². The lowest BCUT2D eigenvalue weighted by Gasteiger charge is -2.28. The van der Waals surface area contributed by atoms with Crippen molar-refractivity contribution in [3.05, 3.63) is 199 Å². The SMILES string of the molecule is Cc1cccc(N(c2cc(C)cc(C)c2)c2ccc3c(c2)c2ccccc2c2c(-c4ccccc4)cc(-c4ccccc4)c(-c4ccccc4)c32)c1. The Bertz CT molecular complexity index is 2730. The van der Waals surface area contributed by atoms with Gasteiger partial charge < -0.3 is 4.90 Å². The van der Waals surface area contributed by atoms with Gasteiger partial charge in [0.05, 0.1) is 0 Å². The molecule has 0 heterocycles.